The van der Waals surface area contributed by atoms with Crippen LogP contribution in [0.2, 0.25) is 0 Å². The first-order valence-electron chi connectivity index (χ1n) is 7.77. The van der Waals surface area contributed by atoms with Gasteiger partial charge in [-0.1, -0.05) is 6.42 Å². The molecule has 1 heterocycles. The summed E-state index contributed by atoms with van der Waals surface area (Å²) in [6.45, 7) is 6.14. The molecule has 3 rings (SSSR count). The second-order valence-electron chi connectivity index (χ2n) is 6.75. The summed E-state index contributed by atoms with van der Waals surface area (Å²) in [6.07, 6.45) is 8.90. The van der Waals surface area contributed by atoms with Gasteiger partial charge in [-0.2, -0.15) is 0 Å². The Balaban J connectivity index is 1.42. The minimum atomic E-state index is 0.757. The molecule has 0 aromatic heterocycles. The van der Waals surface area contributed by atoms with Crippen LogP contribution in [0.1, 0.15) is 45.4 Å². The fraction of sp³-hybridized carbons (Fsp3) is 1.00. The molecule has 1 saturated heterocycles. The van der Waals surface area contributed by atoms with Crippen LogP contribution in [-0.4, -0.2) is 25.7 Å². The van der Waals surface area contributed by atoms with Crippen LogP contribution in [-0.2, 0) is 0 Å². The number of rotatable bonds is 4. The summed E-state index contributed by atoms with van der Waals surface area (Å²) in [4.78, 5) is 0. The first-order chi connectivity index (χ1) is 8.33. The zero-order valence-corrected chi connectivity index (χ0v) is 11.3. The largest absolute Gasteiger partial charge is 0.316 e. The molecular weight excluding hydrogens is 208 g/mol. The van der Waals surface area contributed by atoms with Crippen molar-refractivity contribution in [1.29, 1.82) is 0 Å². The fourth-order valence-electron chi connectivity index (χ4n) is 4.51. The summed E-state index contributed by atoms with van der Waals surface area (Å²) < 4.78 is 0. The van der Waals surface area contributed by atoms with Gasteiger partial charge >= 0.3 is 0 Å². The predicted molar refractivity (Wildman–Crippen MR) is 72.0 cm³/mol. The average molecular weight is 236 g/mol. The molecule has 3 aliphatic rings. The van der Waals surface area contributed by atoms with Crippen molar-refractivity contribution in [2.45, 2.75) is 51.5 Å². The Morgan fingerprint density at radius 3 is 2.82 bits per heavy atom. The van der Waals surface area contributed by atoms with Gasteiger partial charge in [0.05, 0.1) is 0 Å². The van der Waals surface area contributed by atoms with E-state index in [0.717, 1.165) is 29.7 Å². The monoisotopic (exact) mass is 236 g/mol. The molecule has 5 atom stereocenters. The lowest BCUT2D eigenvalue weighted by Crippen LogP contribution is -2.42. The zero-order valence-electron chi connectivity index (χ0n) is 11.3. The van der Waals surface area contributed by atoms with E-state index in [2.05, 4.69) is 17.6 Å². The van der Waals surface area contributed by atoms with Gasteiger partial charge in [-0.15, -0.1) is 0 Å². The van der Waals surface area contributed by atoms with E-state index in [4.69, 9.17) is 0 Å². The number of fused-ring (bicyclic) bond motifs is 2. The molecule has 0 spiro atoms. The molecule has 3 fully saturated rings. The third-order valence-electron chi connectivity index (χ3n) is 5.56. The van der Waals surface area contributed by atoms with Crippen LogP contribution < -0.4 is 10.6 Å². The molecule has 2 N–H and O–H groups in total. The second kappa shape index (κ2) is 5.27. The summed E-state index contributed by atoms with van der Waals surface area (Å²) >= 11 is 0. The topological polar surface area (TPSA) is 24.1 Å². The molecule has 0 aromatic rings. The molecule has 0 radical (unpaired) electrons. The van der Waals surface area contributed by atoms with Gasteiger partial charge in [0.2, 0.25) is 0 Å². The Kier molecular flexibility index (Phi) is 3.72. The highest BCUT2D eigenvalue weighted by atomic mass is 14.9. The average Bonchev–Trinajstić information content (AvgIpc) is 2.99. The molecule has 0 aromatic carbocycles. The van der Waals surface area contributed by atoms with Crippen molar-refractivity contribution in [1.82, 2.24) is 10.6 Å². The van der Waals surface area contributed by atoms with E-state index in [1.54, 1.807) is 6.42 Å². The number of nitrogens with one attached hydrogen (secondary N) is 2. The van der Waals surface area contributed by atoms with Crippen LogP contribution in [0.5, 0.6) is 0 Å². The maximum atomic E-state index is 3.84. The maximum Gasteiger partial charge on any atom is 0.00698 e. The maximum absolute atomic E-state index is 3.84. The van der Waals surface area contributed by atoms with Gasteiger partial charge in [0.1, 0.15) is 0 Å². The lowest BCUT2D eigenvalue weighted by molar-refractivity contribution is 0.244. The molecule has 2 nitrogen and oxygen atoms in total. The normalized spacial score (nSPS) is 42.9. The number of hydrogen-bond donors (Lipinski definition) is 2. The number of piperidine rings is 1. The van der Waals surface area contributed by atoms with Gasteiger partial charge in [-0.25, -0.2) is 0 Å². The van der Waals surface area contributed by atoms with Crippen molar-refractivity contribution in [3.05, 3.63) is 0 Å². The van der Waals surface area contributed by atoms with Crippen molar-refractivity contribution in [3.63, 3.8) is 0 Å². The zero-order chi connectivity index (χ0) is 11.7. The number of hydrogen-bond acceptors (Lipinski definition) is 2. The SMILES string of the molecule is CC(NCC1CCCNC1)C1CC2CCC1C2. The van der Waals surface area contributed by atoms with Gasteiger partial charge in [-0.05, 0) is 82.3 Å². The van der Waals surface area contributed by atoms with E-state index in [1.165, 1.54) is 51.7 Å². The van der Waals surface area contributed by atoms with Crippen LogP contribution >= 0.6 is 0 Å². The fourth-order valence-corrected chi connectivity index (χ4v) is 4.51. The van der Waals surface area contributed by atoms with E-state index in [1.807, 2.05) is 0 Å². The van der Waals surface area contributed by atoms with Crippen LogP contribution in [0.3, 0.4) is 0 Å². The first kappa shape index (κ1) is 12.0. The van der Waals surface area contributed by atoms with Crippen molar-refractivity contribution in [3.8, 4) is 0 Å². The highest BCUT2D eigenvalue weighted by Gasteiger charge is 2.41. The van der Waals surface area contributed by atoms with Crippen molar-refractivity contribution >= 4 is 0 Å². The van der Waals surface area contributed by atoms with Crippen LogP contribution in [0.4, 0.5) is 0 Å². The third-order valence-corrected chi connectivity index (χ3v) is 5.56. The van der Waals surface area contributed by atoms with E-state index >= 15 is 0 Å². The highest BCUT2D eigenvalue weighted by molar-refractivity contribution is 4.94. The molecule has 2 bridgehead atoms. The van der Waals surface area contributed by atoms with Gasteiger partial charge in [0.25, 0.3) is 0 Å². The summed E-state index contributed by atoms with van der Waals surface area (Å²) in [6, 6.07) is 0.757. The Hall–Kier alpha value is -0.0800. The Morgan fingerprint density at radius 2 is 2.18 bits per heavy atom. The molecule has 2 heteroatoms. The van der Waals surface area contributed by atoms with Gasteiger partial charge < -0.3 is 10.6 Å². The van der Waals surface area contributed by atoms with E-state index in [9.17, 15) is 0 Å². The van der Waals surface area contributed by atoms with Crippen LogP contribution in [0, 0.1) is 23.7 Å². The molecule has 5 unspecified atom stereocenters. The van der Waals surface area contributed by atoms with E-state index in [0.29, 0.717) is 0 Å². The minimum absolute atomic E-state index is 0.757. The summed E-state index contributed by atoms with van der Waals surface area (Å²) in [5.41, 5.74) is 0. The predicted octanol–water partition coefficient (Wildman–Crippen LogP) is 2.40. The molecule has 1 aliphatic heterocycles. The van der Waals surface area contributed by atoms with Crippen molar-refractivity contribution in [2.75, 3.05) is 19.6 Å². The lowest BCUT2D eigenvalue weighted by Gasteiger charge is -2.31. The third kappa shape index (κ3) is 2.68. The van der Waals surface area contributed by atoms with E-state index < -0.39 is 0 Å². The van der Waals surface area contributed by atoms with Crippen molar-refractivity contribution in [2.24, 2.45) is 23.7 Å². The quantitative estimate of drug-likeness (QED) is 0.783. The van der Waals surface area contributed by atoms with Crippen LogP contribution in [0.25, 0.3) is 0 Å². The molecule has 98 valence electrons. The van der Waals surface area contributed by atoms with Gasteiger partial charge in [0, 0.05) is 6.04 Å². The summed E-state index contributed by atoms with van der Waals surface area (Å²) in [7, 11) is 0. The Labute approximate surface area is 106 Å². The lowest BCUT2D eigenvalue weighted by atomic mass is 9.83. The highest BCUT2D eigenvalue weighted by Crippen LogP contribution is 2.49. The van der Waals surface area contributed by atoms with Gasteiger partial charge in [0.15, 0.2) is 0 Å². The van der Waals surface area contributed by atoms with Gasteiger partial charge in [-0.3, -0.25) is 0 Å². The Morgan fingerprint density at radius 1 is 1.24 bits per heavy atom. The second-order valence-corrected chi connectivity index (χ2v) is 6.75. The molecule has 17 heavy (non-hydrogen) atoms. The minimum Gasteiger partial charge on any atom is -0.316 e. The molecule has 2 saturated carbocycles. The van der Waals surface area contributed by atoms with Crippen molar-refractivity contribution < 1.29 is 0 Å². The first-order valence-corrected chi connectivity index (χ1v) is 7.77. The molecule has 0 amide bonds. The molecule has 2 aliphatic carbocycles. The smallest absolute Gasteiger partial charge is 0.00698 e. The summed E-state index contributed by atoms with van der Waals surface area (Å²) in [5, 5.41) is 7.35. The summed E-state index contributed by atoms with van der Waals surface area (Å²) in [5.74, 6) is 4.02. The molecular formula is C15H28N2. The van der Waals surface area contributed by atoms with Crippen LogP contribution in [0.15, 0.2) is 0 Å². The Bertz CT molecular complexity index is 247. The standard InChI is InChI=1S/C15H28N2/c1-11(15-8-12-4-5-14(15)7-12)17-10-13-3-2-6-16-9-13/h11-17H,2-10H2,1H3. The van der Waals surface area contributed by atoms with E-state index in [-0.39, 0.29) is 0 Å².